The minimum Gasteiger partial charge on any atom is -0.476 e. The van der Waals surface area contributed by atoms with Gasteiger partial charge in [-0.05, 0) is 20.8 Å². The quantitative estimate of drug-likeness (QED) is 0.779. The van der Waals surface area contributed by atoms with Crippen molar-refractivity contribution in [2.45, 2.75) is 33.4 Å². The summed E-state index contributed by atoms with van der Waals surface area (Å²) in [5.41, 5.74) is -0.108. The summed E-state index contributed by atoms with van der Waals surface area (Å²) >= 11 is 0. The van der Waals surface area contributed by atoms with E-state index in [9.17, 15) is 9.59 Å². The Labute approximate surface area is 111 Å². The molecule has 0 spiro atoms. The number of amides is 2. The fraction of sp³-hybridized carbons (Fsp3) is 0.636. The molecule has 0 aliphatic carbocycles. The van der Waals surface area contributed by atoms with E-state index in [4.69, 9.17) is 5.11 Å². The molecule has 0 radical (unpaired) electrons. The first kappa shape index (κ1) is 14.9. The van der Waals surface area contributed by atoms with Gasteiger partial charge < -0.3 is 15.3 Å². The van der Waals surface area contributed by atoms with Gasteiger partial charge in [0.2, 0.25) is 0 Å². The zero-order chi connectivity index (χ0) is 14.4. The summed E-state index contributed by atoms with van der Waals surface area (Å²) < 4.78 is 1.38. The summed E-state index contributed by atoms with van der Waals surface area (Å²) in [7, 11) is 0. The lowest BCUT2D eigenvalue weighted by Crippen LogP contribution is -2.44. The lowest BCUT2D eigenvalue weighted by Gasteiger charge is -2.25. The molecular weight excluding hydrogens is 250 g/mol. The van der Waals surface area contributed by atoms with Crippen LogP contribution in [-0.2, 0) is 6.54 Å². The first-order chi connectivity index (χ1) is 8.95. The second-order valence-corrected chi connectivity index (χ2v) is 4.28. The van der Waals surface area contributed by atoms with Crippen molar-refractivity contribution in [3.05, 3.63) is 11.9 Å². The monoisotopic (exact) mass is 269 g/mol. The average Bonchev–Trinajstić information content (AvgIpc) is 2.78. The van der Waals surface area contributed by atoms with Crippen LogP contribution in [0.5, 0.6) is 0 Å². The molecule has 1 heterocycles. The molecule has 8 nitrogen and oxygen atoms in total. The molecule has 0 aromatic carbocycles. The van der Waals surface area contributed by atoms with Crippen LogP contribution in [0.2, 0.25) is 0 Å². The van der Waals surface area contributed by atoms with Crippen molar-refractivity contribution in [3.8, 4) is 0 Å². The largest absolute Gasteiger partial charge is 0.476 e. The second kappa shape index (κ2) is 6.72. The summed E-state index contributed by atoms with van der Waals surface area (Å²) in [6, 6.07) is -0.00828. The van der Waals surface area contributed by atoms with E-state index >= 15 is 0 Å². The first-order valence-corrected chi connectivity index (χ1v) is 6.13. The molecule has 0 atom stereocenters. The van der Waals surface area contributed by atoms with E-state index in [0.29, 0.717) is 19.6 Å². The minimum atomic E-state index is -1.12. The van der Waals surface area contributed by atoms with Gasteiger partial charge in [0.05, 0.1) is 12.7 Å². The number of nitrogens with one attached hydrogen (secondary N) is 1. The predicted molar refractivity (Wildman–Crippen MR) is 67.9 cm³/mol. The van der Waals surface area contributed by atoms with Crippen molar-refractivity contribution < 1.29 is 14.7 Å². The Balaban J connectivity index is 2.41. The molecule has 1 aromatic rings. The van der Waals surface area contributed by atoms with E-state index in [1.165, 1.54) is 10.9 Å². The van der Waals surface area contributed by atoms with Crippen molar-refractivity contribution in [1.82, 2.24) is 25.2 Å². The standard InChI is InChI=1S/C11H19N5O3/c1-4-16(8(2)3)11(19)12-5-6-15-7-9(10(17)18)13-14-15/h7-8H,4-6H2,1-3H3,(H,12,19)(H,17,18). The number of hydrogen-bond acceptors (Lipinski definition) is 4. The number of rotatable bonds is 6. The molecule has 0 unspecified atom stereocenters. The van der Waals surface area contributed by atoms with Crippen LogP contribution in [0.15, 0.2) is 6.20 Å². The number of carbonyl (C=O) groups excluding carboxylic acids is 1. The molecule has 19 heavy (non-hydrogen) atoms. The summed E-state index contributed by atoms with van der Waals surface area (Å²) in [6.07, 6.45) is 1.33. The number of nitrogens with zero attached hydrogens (tertiary/aromatic N) is 4. The van der Waals surface area contributed by atoms with Gasteiger partial charge in [-0.1, -0.05) is 5.21 Å². The molecular formula is C11H19N5O3. The maximum atomic E-state index is 11.8. The van der Waals surface area contributed by atoms with E-state index in [1.54, 1.807) is 4.90 Å². The van der Waals surface area contributed by atoms with E-state index in [0.717, 1.165) is 0 Å². The summed E-state index contributed by atoms with van der Waals surface area (Å²) in [5.74, 6) is -1.12. The van der Waals surface area contributed by atoms with E-state index in [2.05, 4.69) is 15.6 Å². The Hall–Kier alpha value is -2.12. The molecule has 106 valence electrons. The molecule has 0 aliphatic heterocycles. The van der Waals surface area contributed by atoms with Gasteiger partial charge in [-0.25, -0.2) is 14.3 Å². The topological polar surface area (TPSA) is 100 Å². The van der Waals surface area contributed by atoms with Crippen LogP contribution >= 0.6 is 0 Å². The van der Waals surface area contributed by atoms with E-state index in [-0.39, 0.29) is 17.8 Å². The first-order valence-electron chi connectivity index (χ1n) is 6.13. The number of carbonyl (C=O) groups is 2. The highest BCUT2D eigenvalue weighted by Gasteiger charge is 2.14. The maximum absolute atomic E-state index is 11.8. The zero-order valence-corrected chi connectivity index (χ0v) is 11.3. The summed E-state index contributed by atoms with van der Waals surface area (Å²) in [4.78, 5) is 24.1. The van der Waals surface area contributed by atoms with Crippen molar-refractivity contribution >= 4 is 12.0 Å². The Morgan fingerprint density at radius 2 is 2.21 bits per heavy atom. The van der Waals surface area contributed by atoms with Gasteiger partial charge in [-0.3, -0.25) is 0 Å². The number of hydrogen-bond donors (Lipinski definition) is 2. The van der Waals surface area contributed by atoms with E-state index in [1.807, 2.05) is 20.8 Å². The number of carboxylic acids is 1. The highest BCUT2D eigenvalue weighted by Crippen LogP contribution is 1.97. The van der Waals surface area contributed by atoms with Crippen LogP contribution in [0.25, 0.3) is 0 Å². The van der Waals surface area contributed by atoms with Gasteiger partial charge in [0.25, 0.3) is 0 Å². The minimum absolute atomic E-state index is 0.108. The molecule has 2 amide bonds. The molecule has 0 saturated carbocycles. The second-order valence-electron chi connectivity index (χ2n) is 4.28. The van der Waals surface area contributed by atoms with Crippen LogP contribution in [0.4, 0.5) is 4.79 Å². The molecule has 0 fully saturated rings. The highest BCUT2D eigenvalue weighted by molar-refractivity contribution is 5.84. The van der Waals surface area contributed by atoms with Crippen LogP contribution in [0.3, 0.4) is 0 Å². The number of aromatic carboxylic acids is 1. The predicted octanol–water partition coefficient (Wildman–Crippen LogP) is 0.416. The number of carboxylic acid groups (broad SMARTS) is 1. The van der Waals surface area contributed by atoms with Crippen molar-refractivity contribution in [2.24, 2.45) is 0 Å². The van der Waals surface area contributed by atoms with Crippen LogP contribution in [0, 0.1) is 0 Å². The normalized spacial score (nSPS) is 10.5. The molecule has 1 aromatic heterocycles. The third-order valence-electron chi connectivity index (χ3n) is 2.60. The van der Waals surface area contributed by atoms with Gasteiger partial charge in [-0.15, -0.1) is 5.10 Å². The van der Waals surface area contributed by atoms with Crippen LogP contribution in [0.1, 0.15) is 31.3 Å². The van der Waals surface area contributed by atoms with Gasteiger partial charge in [-0.2, -0.15) is 0 Å². The smallest absolute Gasteiger partial charge is 0.358 e. The van der Waals surface area contributed by atoms with Crippen LogP contribution in [-0.4, -0.2) is 56.1 Å². The van der Waals surface area contributed by atoms with Gasteiger partial charge in [0.15, 0.2) is 5.69 Å². The van der Waals surface area contributed by atoms with Gasteiger partial charge in [0, 0.05) is 19.1 Å². The van der Waals surface area contributed by atoms with E-state index < -0.39 is 5.97 Å². The number of aromatic nitrogens is 3. The SMILES string of the molecule is CCN(C(=O)NCCn1cc(C(=O)O)nn1)C(C)C. The Morgan fingerprint density at radius 1 is 1.53 bits per heavy atom. The molecule has 0 bridgehead atoms. The Kier molecular flexibility index (Phi) is 5.28. The lowest BCUT2D eigenvalue weighted by atomic mass is 10.3. The maximum Gasteiger partial charge on any atom is 0.358 e. The molecule has 2 N–H and O–H groups in total. The fourth-order valence-electron chi connectivity index (χ4n) is 1.63. The average molecular weight is 269 g/mol. The zero-order valence-electron chi connectivity index (χ0n) is 11.3. The molecule has 0 saturated heterocycles. The lowest BCUT2D eigenvalue weighted by molar-refractivity contribution is 0.0690. The molecule has 1 rings (SSSR count). The highest BCUT2D eigenvalue weighted by atomic mass is 16.4. The van der Waals surface area contributed by atoms with Crippen molar-refractivity contribution in [1.29, 1.82) is 0 Å². The summed E-state index contributed by atoms with van der Waals surface area (Å²) in [5, 5.41) is 18.6. The van der Waals surface area contributed by atoms with Crippen molar-refractivity contribution in [2.75, 3.05) is 13.1 Å². The Morgan fingerprint density at radius 3 is 2.68 bits per heavy atom. The molecule has 0 aliphatic rings. The third-order valence-corrected chi connectivity index (χ3v) is 2.60. The van der Waals surface area contributed by atoms with Crippen molar-refractivity contribution in [3.63, 3.8) is 0 Å². The Bertz CT molecular complexity index is 443. The fourth-order valence-corrected chi connectivity index (χ4v) is 1.63. The van der Waals surface area contributed by atoms with Crippen LogP contribution < -0.4 is 5.32 Å². The third kappa shape index (κ3) is 4.23. The molecule has 8 heteroatoms. The number of urea groups is 1. The van der Waals surface area contributed by atoms with Gasteiger partial charge in [0.1, 0.15) is 0 Å². The van der Waals surface area contributed by atoms with Gasteiger partial charge >= 0.3 is 12.0 Å². The summed E-state index contributed by atoms with van der Waals surface area (Å²) in [6.45, 7) is 7.18.